The van der Waals surface area contributed by atoms with Crippen molar-refractivity contribution >= 4 is 11.9 Å². The maximum Gasteiger partial charge on any atom is 0.491 e. The number of halogens is 3. The van der Waals surface area contributed by atoms with E-state index in [1.807, 2.05) is 0 Å². The lowest BCUT2D eigenvalue weighted by Gasteiger charge is -2.21. The Bertz CT molecular complexity index is 281. The minimum Gasteiger partial charge on any atom is -0.385 e. The van der Waals surface area contributed by atoms with E-state index in [1.165, 1.54) is 0 Å². The molecule has 0 unspecified atom stereocenters. The van der Waals surface area contributed by atoms with Gasteiger partial charge in [0, 0.05) is 0 Å². The Morgan fingerprint density at radius 3 is 2.00 bits per heavy atom. The smallest absolute Gasteiger partial charge is 0.385 e. The molecule has 7 heteroatoms. The van der Waals surface area contributed by atoms with Crippen LogP contribution < -0.4 is 5.73 Å². The fraction of sp³-hybridized carbons (Fsp3) is 0.778. The molecule has 0 heterocycles. The molecule has 0 saturated carbocycles. The predicted molar refractivity (Wildman–Crippen MR) is 49.2 cm³/mol. The molecular weight excluding hydrogens is 227 g/mol. The quantitative estimate of drug-likeness (QED) is 0.585. The number of hydrogen-bond donors (Lipinski definition) is 1. The first-order valence-corrected chi connectivity index (χ1v) is 4.52. The van der Waals surface area contributed by atoms with Gasteiger partial charge in [0.05, 0.1) is 0 Å². The lowest BCUT2D eigenvalue weighted by molar-refractivity contribution is -0.202. The molecule has 0 aromatic heterocycles. The third-order valence-corrected chi connectivity index (χ3v) is 1.56. The van der Waals surface area contributed by atoms with Crippen LogP contribution in [0.5, 0.6) is 0 Å². The molecule has 2 N–H and O–H groups in total. The lowest BCUT2D eigenvalue weighted by Crippen LogP contribution is -2.39. The second kappa shape index (κ2) is 4.82. The molecule has 94 valence electrons. The van der Waals surface area contributed by atoms with Crippen molar-refractivity contribution in [2.24, 2.45) is 11.1 Å². The second-order valence-corrected chi connectivity index (χ2v) is 4.58. The maximum absolute atomic E-state index is 11.7. The summed E-state index contributed by atoms with van der Waals surface area (Å²) in [6, 6.07) is -1.24. The van der Waals surface area contributed by atoms with Gasteiger partial charge in [-0.3, -0.25) is 0 Å². The molecule has 0 aliphatic heterocycles. The van der Waals surface area contributed by atoms with Crippen LogP contribution in [0.2, 0.25) is 0 Å². The number of nitrogens with two attached hydrogens (primary N) is 1. The van der Waals surface area contributed by atoms with Gasteiger partial charge in [-0.1, -0.05) is 20.8 Å². The summed E-state index contributed by atoms with van der Waals surface area (Å²) < 4.78 is 38.8. The third-order valence-electron chi connectivity index (χ3n) is 1.56. The molecule has 4 nitrogen and oxygen atoms in total. The number of alkyl halides is 3. The molecule has 1 atom stereocenters. The molecule has 0 fully saturated rings. The molecule has 0 amide bonds. The van der Waals surface area contributed by atoms with Crippen molar-refractivity contribution in [2.75, 3.05) is 0 Å². The molecule has 0 aromatic rings. The third kappa shape index (κ3) is 5.69. The zero-order valence-corrected chi connectivity index (χ0v) is 9.22. The van der Waals surface area contributed by atoms with Crippen molar-refractivity contribution in [3.63, 3.8) is 0 Å². The van der Waals surface area contributed by atoms with Crippen molar-refractivity contribution in [1.29, 1.82) is 0 Å². The lowest BCUT2D eigenvalue weighted by atomic mass is 9.88. The van der Waals surface area contributed by atoms with Crippen LogP contribution in [0.4, 0.5) is 13.2 Å². The molecule has 16 heavy (non-hydrogen) atoms. The van der Waals surface area contributed by atoms with E-state index in [4.69, 9.17) is 5.73 Å². The van der Waals surface area contributed by atoms with Crippen LogP contribution in [0.3, 0.4) is 0 Å². The van der Waals surface area contributed by atoms with Crippen molar-refractivity contribution < 1.29 is 27.5 Å². The Morgan fingerprint density at radius 2 is 1.69 bits per heavy atom. The summed E-state index contributed by atoms with van der Waals surface area (Å²) >= 11 is 0. The fourth-order valence-electron chi connectivity index (χ4n) is 0.968. The SMILES string of the molecule is CC(C)(C)C[C@H](N)C(=O)OC(=O)C(F)(F)F. The molecule has 0 rings (SSSR count). The topological polar surface area (TPSA) is 69.4 Å². The minimum absolute atomic E-state index is 0.122. The van der Waals surface area contributed by atoms with Crippen LogP contribution >= 0.6 is 0 Å². The monoisotopic (exact) mass is 241 g/mol. The summed E-state index contributed by atoms with van der Waals surface area (Å²) in [5.74, 6) is -3.90. The van der Waals surface area contributed by atoms with Gasteiger partial charge < -0.3 is 10.5 Å². The largest absolute Gasteiger partial charge is 0.491 e. The highest BCUT2D eigenvalue weighted by atomic mass is 19.4. The molecule has 0 radical (unpaired) electrons. The maximum atomic E-state index is 11.7. The van der Waals surface area contributed by atoms with Crippen molar-refractivity contribution in [1.82, 2.24) is 0 Å². The highest BCUT2D eigenvalue weighted by Gasteiger charge is 2.43. The highest BCUT2D eigenvalue weighted by molar-refractivity contribution is 5.90. The normalized spacial score (nSPS) is 14.4. The van der Waals surface area contributed by atoms with E-state index in [-0.39, 0.29) is 11.8 Å². The first-order chi connectivity index (χ1) is 6.93. The van der Waals surface area contributed by atoms with Gasteiger partial charge in [-0.05, 0) is 11.8 Å². The molecule has 0 aromatic carbocycles. The highest BCUT2D eigenvalue weighted by Crippen LogP contribution is 2.21. The summed E-state index contributed by atoms with van der Waals surface area (Å²) in [4.78, 5) is 21.3. The van der Waals surface area contributed by atoms with E-state index in [9.17, 15) is 22.8 Å². The molecule has 0 spiro atoms. The molecule has 0 saturated heterocycles. The van der Waals surface area contributed by atoms with Crippen LogP contribution in [0, 0.1) is 5.41 Å². The summed E-state index contributed by atoms with van der Waals surface area (Å²) in [6.45, 7) is 5.27. The van der Waals surface area contributed by atoms with Crippen LogP contribution in [0.15, 0.2) is 0 Å². The summed E-state index contributed by atoms with van der Waals surface area (Å²) in [6.07, 6.45) is -5.06. The number of esters is 2. The number of carbonyl (C=O) groups is 2. The predicted octanol–water partition coefficient (Wildman–Crippen LogP) is 1.38. The van der Waals surface area contributed by atoms with Gasteiger partial charge in [0.15, 0.2) is 0 Å². The summed E-state index contributed by atoms with van der Waals surface area (Å²) in [5, 5.41) is 0. The summed E-state index contributed by atoms with van der Waals surface area (Å²) in [5.41, 5.74) is 4.95. The Hall–Kier alpha value is -1.11. The van der Waals surface area contributed by atoms with E-state index in [2.05, 4.69) is 4.74 Å². The zero-order valence-electron chi connectivity index (χ0n) is 9.22. The Labute approximate surface area is 90.9 Å². The zero-order chi connectivity index (χ0) is 13.1. The molecular formula is C9H14F3NO3. The molecule has 0 aliphatic rings. The average Bonchev–Trinajstić information content (AvgIpc) is 1.98. The van der Waals surface area contributed by atoms with Crippen molar-refractivity contribution in [2.45, 2.75) is 39.4 Å². The van der Waals surface area contributed by atoms with E-state index in [0.29, 0.717) is 0 Å². The van der Waals surface area contributed by atoms with E-state index in [0.717, 1.165) is 0 Å². The molecule has 0 aliphatic carbocycles. The number of ether oxygens (including phenoxy) is 1. The molecule has 0 bridgehead atoms. The van der Waals surface area contributed by atoms with Crippen LogP contribution in [0.1, 0.15) is 27.2 Å². The van der Waals surface area contributed by atoms with Crippen molar-refractivity contribution in [3.05, 3.63) is 0 Å². The minimum atomic E-state index is -5.18. The van der Waals surface area contributed by atoms with Crippen LogP contribution in [-0.2, 0) is 14.3 Å². The van der Waals surface area contributed by atoms with Crippen LogP contribution in [0.25, 0.3) is 0 Å². The fourth-order valence-corrected chi connectivity index (χ4v) is 0.968. The Kier molecular flexibility index (Phi) is 4.48. The standard InChI is InChI=1S/C9H14F3NO3/c1-8(2,3)4-5(13)6(14)16-7(15)9(10,11)12/h5H,4,13H2,1-3H3/t5-/m0/s1. The van der Waals surface area contributed by atoms with Gasteiger partial charge in [0.25, 0.3) is 0 Å². The van der Waals surface area contributed by atoms with Crippen LogP contribution in [-0.4, -0.2) is 24.2 Å². The second-order valence-electron chi connectivity index (χ2n) is 4.58. The Balaban J connectivity index is 4.33. The number of hydrogen-bond acceptors (Lipinski definition) is 4. The van der Waals surface area contributed by atoms with Gasteiger partial charge in [-0.15, -0.1) is 0 Å². The van der Waals surface area contributed by atoms with E-state index in [1.54, 1.807) is 20.8 Å². The van der Waals surface area contributed by atoms with Gasteiger partial charge in [0.2, 0.25) is 0 Å². The van der Waals surface area contributed by atoms with E-state index < -0.39 is 24.2 Å². The van der Waals surface area contributed by atoms with Gasteiger partial charge in [-0.25, -0.2) is 9.59 Å². The Morgan fingerprint density at radius 1 is 1.25 bits per heavy atom. The van der Waals surface area contributed by atoms with Gasteiger partial charge in [-0.2, -0.15) is 13.2 Å². The van der Waals surface area contributed by atoms with E-state index >= 15 is 0 Å². The summed E-state index contributed by atoms with van der Waals surface area (Å²) in [7, 11) is 0. The van der Waals surface area contributed by atoms with Gasteiger partial charge >= 0.3 is 18.1 Å². The number of carbonyl (C=O) groups excluding carboxylic acids is 2. The first-order valence-electron chi connectivity index (χ1n) is 4.52. The first kappa shape index (κ1) is 14.9. The number of rotatable bonds is 2. The van der Waals surface area contributed by atoms with Gasteiger partial charge in [0.1, 0.15) is 6.04 Å². The average molecular weight is 241 g/mol. The van der Waals surface area contributed by atoms with Crippen molar-refractivity contribution in [3.8, 4) is 0 Å².